The van der Waals surface area contributed by atoms with Gasteiger partial charge in [-0.25, -0.2) is 13.9 Å². The molecule has 1 aliphatic rings. The number of nitrogens with one attached hydrogen (secondary N) is 2. The molecular weight excluding hydrogens is 470 g/mol. The van der Waals surface area contributed by atoms with E-state index in [1.165, 1.54) is 18.2 Å². The number of carbonyl (C=O) groups excluding carboxylic acids is 2. The van der Waals surface area contributed by atoms with Gasteiger partial charge in [-0.2, -0.15) is 4.31 Å². The Morgan fingerprint density at radius 2 is 1.74 bits per heavy atom. The number of ether oxygens (including phenoxy) is 1. The maximum atomic E-state index is 13.6. The van der Waals surface area contributed by atoms with E-state index in [0.29, 0.717) is 11.4 Å². The van der Waals surface area contributed by atoms with Crippen LogP contribution in [0, 0.1) is 0 Å². The molecule has 3 aromatic rings. The van der Waals surface area contributed by atoms with Crippen molar-refractivity contribution in [3.05, 3.63) is 89.5 Å². The van der Waals surface area contributed by atoms with Crippen LogP contribution in [-0.2, 0) is 39.0 Å². The second kappa shape index (κ2) is 10.3. The molecule has 0 fully saturated rings. The Morgan fingerprint density at radius 3 is 2.43 bits per heavy atom. The third-order valence-corrected chi connectivity index (χ3v) is 7.72. The third-order valence-electron chi connectivity index (χ3n) is 5.87. The molecule has 0 bridgehead atoms. The first-order chi connectivity index (χ1) is 16.8. The summed E-state index contributed by atoms with van der Waals surface area (Å²) in [7, 11) is -2.58. The lowest BCUT2D eigenvalue weighted by Gasteiger charge is -2.34. The summed E-state index contributed by atoms with van der Waals surface area (Å²) < 4.78 is 33.3. The van der Waals surface area contributed by atoms with E-state index in [2.05, 4.69) is 5.32 Å². The molecule has 1 heterocycles. The van der Waals surface area contributed by atoms with Gasteiger partial charge in [-0.05, 0) is 53.4 Å². The third kappa shape index (κ3) is 5.35. The van der Waals surface area contributed by atoms with Gasteiger partial charge in [0.05, 0.1) is 18.4 Å². The molecule has 0 aromatic heterocycles. The molecule has 3 N–H and O–H groups in total. The Bertz CT molecular complexity index is 1340. The van der Waals surface area contributed by atoms with E-state index >= 15 is 0 Å². The van der Waals surface area contributed by atoms with Gasteiger partial charge in [0.15, 0.2) is 0 Å². The number of fused-ring (bicyclic) bond motifs is 1. The molecule has 0 saturated carbocycles. The van der Waals surface area contributed by atoms with Gasteiger partial charge in [0.1, 0.15) is 11.8 Å². The zero-order valence-corrected chi connectivity index (χ0v) is 19.8. The van der Waals surface area contributed by atoms with Crippen molar-refractivity contribution in [2.24, 2.45) is 0 Å². The van der Waals surface area contributed by atoms with Gasteiger partial charge < -0.3 is 10.1 Å². The highest BCUT2D eigenvalue weighted by atomic mass is 32.2. The van der Waals surface area contributed by atoms with Gasteiger partial charge in [0.2, 0.25) is 15.9 Å². The quantitative estimate of drug-likeness (QED) is 0.342. The Hall–Kier alpha value is -3.73. The Morgan fingerprint density at radius 1 is 1.03 bits per heavy atom. The number of rotatable bonds is 7. The lowest BCUT2D eigenvalue weighted by Crippen LogP contribution is -2.51. The normalized spacial score (nSPS) is 15.7. The van der Waals surface area contributed by atoms with Gasteiger partial charge in [-0.15, -0.1) is 0 Å². The zero-order chi connectivity index (χ0) is 25.0. The van der Waals surface area contributed by atoms with E-state index in [-0.39, 0.29) is 30.2 Å². The number of carbonyl (C=O) groups is 2. The van der Waals surface area contributed by atoms with Gasteiger partial charge in [0.25, 0.3) is 5.91 Å². The summed E-state index contributed by atoms with van der Waals surface area (Å²) in [5, 5.41) is 11.9. The van der Waals surface area contributed by atoms with Crippen molar-refractivity contribution in [1.29, 1.82) is 0 Å². The molecule has 0 aliphatic carbocycles. The van der Waals surface area contributed by atoms with E-state index in [1.807, 2.05) is 12.1 Å². The van der Waals surface area contributed by atoms with Crippen LogP contribution >= 0.6 is 0 Å². The molecule has 0 radical (unpaired) electrons. The summed E-state index contributed by atoms with van der Waals surface area (Å²) in [6.07, 6.45) is 0.225. The van der Waals surface area contributed by atoms with Crippen molar-refractivity contribution in [3.8, 4) is 5.75 Å². The first-order valence-electron chi connectivity index (χ1n) is 10.9. The SMILES string of the molecule is COc1ccc(CC(=O)Nc2cccc(S(=O)(=O)N3Cc4ccccc4CC3C(=O)NO)c2)cc1. The largest absolute Gasteiger partial charge is 0.497 e. The molecule has 1 unspecified atom stereocenters. The molecule has 4 rings (SSSR count). The Labute approximate surface area is 203 Å². The number of nitrogens with zero attached hydrogens (tertiary/aromatic N) is 1. The predicted molar refractivity (Wildman–Crippen MR) is 128 cm³/mol. The number of methoxy groups -OCH3 is 1. The number of anilines is 1. The van der Waals surface area contributed by atoms with Crippen LogP contribution < -0.4 is 15.5 Å². The lowest BCUT2D eigenvalue weighted by molar-refractivity contribution is -0.133. The van der Waals surface area contributed by atoms with Crippen LogP contribution in [0.3, 0.4) is 0 Å². The van der Waals surface area contributed by atoms with Crippen LogP contribution in [0.4, 0.5) is 5.69 Å². The molecule has 3 aromatic carbocycles. The van der Waals surface area contributed by atoms with Crippen LogP contribution in [0.25, 0.3) is 0 Å². The molecule has 1 aliphatic heterocycles. The number of hydrogen-bond donors (Lipinski definition) is 3. The smallest absolute Gasteiger partial charge is 0.262 e. The van der Waals surface area contributed by atoms with Gasteiger partial charge in [-0.1, -0.05) is 42.5 Å². The first-order valence-corrected chi connectivity index (χ1v) is 12.3. The fraction of sp³-hybridized carbons (Fsp3) is 0.200. The molecule has 35 heavy (non-hydrogen) atoms. The molecule has 182 valence electrons. The number of benzene rings is 3. The average Bonchev–Trinajstić information content (AvgIpc) is 2.88. The molecule has 0 saturated heterocycles. The summed E-state index contributed by atoms with van der Waals surface area (Å²) in [5.74, 6) is -0.443. The number of hydroxylamine groups is 1. The van der Waals surface area contributed by atoms with Gasteiger partial charge >= 0.3 is 0 Å². The van der Waals surface area contributed by atoms with Crippen LogP contribution in [-0.4, -0.2) is 42.9 Å². The number of amides is 2. The fourth-order valence-corrected chi connectivity index (χ4v) is 5.66. The van der Waals surface area contributed by atoms with Gasteiger partial charge in [-0.3, -0.25) is 14.8 Å². The second-order valence-corrected chi connectivity index (χ2v) is 10.0. The lowest BCUT2D eigenvalue weighted by atomic mass is 9.95. The van der Waals surface area contributed by atoms with E-state index in [1.54, 1.807) is 55.1 Å². The fourth-order valence-electron chi connectivity index (χ4n) is 4.05. The summed E-state index contributed by atoms with van der Waals surface area (Å²) in [4.78, 5) is 24.8. The van der Waals surface area contributed by atoms with Crippen molar-refractivity contribution in [1.82, 2.24) is 9.79 Å². The maximum Gasteiger partial charge on any atom is 0.262 e. The minimum Gasteiger partial charge on any atom is -0.497 e. The Kier molecular flexibility index (Phi) is 7.15. The number of sulfonamides is 1. The van der Waals surface area contributed by atoms with Crippen LogP contribution in [0.5, 0.6) is 5.75 Å². The minimum absolute atomic E-state index is 0.0232. The zero-order valence-electron chi connectivity index (χ0n) is 19.0. The van der Waals surface area contributed by atoms with Crippen molar-refractivity contribution >= 4 is 27.5 Å². The molecular formula is C25H25N3O6S. The van der Waals surface area contributed by atoms with Crippen LogP contribution in [0.2, 0.25) is 0 Å². The van der Waals surface area contributed by atoms with Crippen LogP contribution in [0.15, 0.2) is 77.7 Å². The van der Waals surface area contributed by atoms with E-state index in [0.717, 1.165) is 21.0 Å². The highest BCUT2D eigenvalue weighted by Crippen LogP contribution is 2.30. The van der Waals surface area contributed by atoms with Crippen LogP contribution in [0.1, 0.15) is 16.7 Å². The first kappa shape index (κ1) is 24.4. The molecule has 10 heteroatoms. The maximum absolute atomic E-state index is 13.6. The predicted octanol–water partition coefficient (Wildman–Crippen LogP) is 2.50. The van der Waals surface area contributed by atoms with E-state index < -0.39 is 22.0 Å². The number of hydrogen-bond acceptors (Lipinski definition) is 6. The van der Waals surface area contributed by atoms with Gasteiger partial charge in [0, 0.05) is 12.2 Å². The Balaban J connectivity index is 1.56. The summed E-state index contributed by atoms with van der Waals surface area (Å²) in [6.45, 7) is -0.0232. The summed E-state index contributed by atoms with van der Waals surface area (Å²) >= 11 is 0. The summed E-state index contributed by atoms with van der Waals surface area (Å²) in [5.41, 5.74) is 4.28. The summed E-state index contributed by atoms with van der Waals surface area (Å²) in [6, 6.07) is 19.1. The molecule has 0 spiro atoms. The minimum atomic E-state index is -4.14. The second-order valence-electron chi connectivity index (χ2n) is 8.12. The van der Waals surface area contributed by atoms with Crippen molar-refractivity contribution in [3.63, 3.8) is 0 Å². The monoisotopic (exact) mass is 495 g/mol. The molecule has 1 atom stereocenters. The average molecular weight is 496 g/mol. The highest BCUT2D eigenvalue weighted by Gasteiger charge is 2.39. The van der Waals surface area contributed by atoms with E-state index in [9.17, 15) is 23.2 Å². The van der Waals surface area contributed by atoms with Crippen molar-refractivity contribution in [2.45, 2.75) is 30.3 Å². The molecule has 2 amide bonds. The van der Waals surface area contributed by atoms with Crippen molar-refractivity contribution < 1.29 is 28.0 Å². The van der Waals surface area contributed by atoms with E-state index in [4.69, 9.17) is 4.74 Å². The standard InChI is InChI=1S/C25H25N3O6S/c1-34-21-11-9-17(10-12-21)13-24(29)26-20-7-4-8-22(15-20)35(32,33)28-16-19-6-3-2-5-18(19)14-23(28)25(30)27-31/h2-12,15,23,31H,13-14,16H2,1H3,(H,26,29)(H,27,30). The van der Waals surface area contributed by atoms with Crippen molar-refractivity contribution in [2.75, 3.05) is 12.4 Å². The molecule has 9 nitrogen and oxygen atoms in total. The topological polar surface area (TPSA) is 125 Å². The highest BCUT2D eigenvalue weighted by molar-refractivity contribution is 7.89.